The van der Waals surface area contributed by atoms with Gasteiger partial charge in [0.15, 0.2) is 5.76 Å². The van der Waals surface area contributed by atoms with Crippen molar-refractivity contribution in [1.82, 2.24) is 4.90 Å². The minimum Gasteiger partial charge on any atom is -0.502 e. The van der Waals surface area contributed by atoms with Crippen LogP contribution in [0.3, 0.4) is 0 Å². The van der Waals surface area contributed by atoms with Crippen LogP contribution in [-0.2, 0) is 21.2 Å². The summed E-state index contributed by atoms with van der Waals surface area (Å²) >= 11 is 12.3. The Kier molecular flexibility index (Phi) is 6.03. The third-order valence-electron chi connectivity index (χ3n) is 5.36. The van der Waals surface area contributed by atoms with E-state index in [9.17, 15) is 18.3 Å². The molecule has 1 aliphatic rings. The average Bonchev–Trinajstić information content (AvgIpc) is 3.02. The number of carbonyl (C=O) groups is 1. The quantitative estimate of drug-likeness (QED) is 0.505. The van der Waals surface area contributed by atoms with E-state index in [1.165, 1.54) is 17.0 Å². The Hall–Kier alpha value is -2.80. The molecule has 0 bridgehead atoms. The van der Waals surface area contributed by atoms with Crippen LogP contribution in [0.25, 0.3) is 0 Å². The number of hydrogen-bond acceptors (Lipinski definition) is 4. The minimum absolute atomic E-state index is 0.00370. The highest BCUT2D eigenvalue weighted by Crippen LogP contribution is 2.43. The Bertz CT molecular complexity index is 1320. The van der Waals surface area contributed by atoms with Crippen LogP contribution >= 0.6 is 23.2 Å². The van der Waals surface area contributed by atoms with E-state index >= 15 is 0 Å². The summed E-state index contributed by atoms with van der Waals surface area (Å²) in [6, 6.07) is 18.7. The van der Waals surface area contributed by atoms with Gasteiger partial charge in [-0.1, -0.05) is 71.2 Å². The monoisotopic (exact) mass is 487 g/mol. The lowest BCUT2D eigenvalue weighted by molar-refractivity contribution is -0.130. The van der Waals surface area contributed by atoms with Crippen LogP contribution in [0.1, 0.15) is 22.7 Å². The number of hydrogen-bond donors (Lipinski definition) is 1. The molecule has 3 aromatic carbocycles. The van der Waals surface area contributed by atoms with Crippen molar-refractivity contribution in [2.45, 2.75) is 24.4 Å². The van der Waals surface area contributed by atoms with E-state index in [2.05, 4.69) is 0 Å². The van der Waals surface area contributed by atoms with Gasteiger partial charge < -0.3 is 10.0 Å². The fourth-order valence-corrected chi connectivity index (χ4v) is 5.67. The second-order valence-electron chi connectivity index (χ2n) is 7.51. The zero-order valence-corrected chi connectivity index (χ0v) is 19.3. The lowest BCUT2D eigenvalue weighted by Gasteiger charge is -2.27. The predicted octanol–water partition coefficient (Wildman–Crippen LogP) is 5.63. The standard InChI is InChI=1S/C24H19Cl2NO4S/c1-15-6-12-19(13-7-15)32(30,31)23-21(16-8-10-18(25)11-9-16)27(24(29)22(23)28)14-17-4-2-3-5-20(17)26/h2-13,21,28H,14H2,1H3. The molecule has 0 radical (unpaired) electrons. The van der Waals surface area contributed by atoms with Gasteiger partial charge >= 0.3 is 0 Å². The minimum atomic E-state index is -4.18. The van der Waals surface area contributed by atoms with E-state index in [0.29, 0.717) is 21.2 Å². The van der Waals surface area contributed by atoms with Crippen LogP contribution in [-0.4, -0.2) is 24.3 Å². The summed E-state index contributed by atoms with van der Waals surface area (Å²) in [7, 11) is -4.18. The fourth-order valence-electron chi connectivity index (χ4n) is 3.70. The van der Waals surface area contributed by atoms with Crippen molar-refractivity contribution in [1.29, 1.82) is 0 Å². The van der Waals surface area contributed by atoms with Gasteiger partial charge in [0.25, 0.3) is 5.91 Å². The summed E-state index contributed by atoms with van der Waals surface area (Å²) < 4.78 is 27.1. The lowest BCUT2D eigenvalue weighted by Crippen LogP contribution is -2.30. The summed E-state index contributed by atoms with van der Waals surface area (Å²) in [4.78, 5) is 14.0. The molecule has 1 N–H and O–H groups in total. The zero-order valence-electron chi connectivity index (χ0n) is 17.0. The Morgan fingerprint density at radius 2 is 1.56 bits per heavy atom. The SMILES string of the molecule is Cc1ccc(S(=O)(=O)C2=C(O)C(=O)N(Cc3ccccc3Cl)C2c2ccc(Cl)cc2)cc1. The number of halogens is 2. The molecule has 5 nitrogen and oxygen atoms in total. The molecular weight excluding hydrogens is 469 g/mol. The number of amides is 1. The molecule has 0 spiro atoms. The highest BCUT2D eigenvalue weighted by atomic mass is 35.5. The Labute approximate surface area is 196 Å². The summed E-state index contributed by atoms with van der Waals surface area (Å²) in [5.74, 6) is -1.58. The van der Waals surface area contributed by atoms with Crippen LogP contribution in [0, 0.1) is 6.92 Å². The summed E-state index contributed by atoms with van der Waals surface area (Å²) in [5, 5.41) is 11.7. The van der Waals surface area contributed by atoms with Crippen molar-refractivity contribution in [2.24, 2.45) is 0 Å². The maximum absolute atomic E-state index is 13.6. The van der Waals surface area contributed by atoms with E-state index < -0.39 is 27.5 Å². The molecule has 1 amide bonds. The van der Waals surface area contributed by atoms with Crippen molar-refractivity contribution >= 4 is 38.9 Å². The zero-order chi connectivity index (χ0) is 23.0. The number of aliphatic hydroxyl groups excluding tert-OH is 1. The van der Waals surface area contributed by atoms with E-state index in [0.717, 1.165) is 5.56 Å². The number of sulfone groups is 1. The Balaban J connectivity index is 1.87. The molecule has 0 saturated heterocycles. The third-order valence-corrected chi connectivity index (χ3v) is 7.87. The highest BCUT2D eigenvalue weighted by molar-refractivity contribution is 7.95. The van der Waals surface area contributed by atoms with Crippen LogP contribution in [0.5, 0.6) is 0 Å². The first-order valence-electron chi connectivity index (χ1n) is 9.75. The van der Waals surface area contributed by atoms with Gasteiger partial charge in [-0.15, -0.1) is 0 Å². The molecule has 164 valence electrons. The summed E-state index contributed by atoms with van der Waals surface area (Å²) in [6.45, 7) is 1.86. The number of nitrogens with zero attached hydrogens (tertiary/aromatic N) is 1. The Morgan fingerprint density at radius 3 is 2.19 bits per heavy atom. The van der Waals surface area contributed by atoms with Crippen LogP contribution in [0.15, 0.2) is 88.4 Å². The highest BCUT2D eigenvalue weighted by Gasteiger charge is 2.46. The van der Waals surface area contributed by atoms with Crippen LogP contribution < -0.4 is 0 Å². The number of carbonyl (C=O) groups excluding carboxylic acids is 1. The molecule has 4 rings (SSSR count). The van der Waals surface area contributed by atoms with Gasteiger partial charge in [-0.3, -0.25) is 4.79 Å². The van der Waals surface area contributed by atoms with Crippen molar-refractivity contribution in [3.63, 3.8) is 0 Å². The van der Waals surface area contributed by atoms with Gasteiger partial charge in [0.05, 0.1) is 10.9 Å². The first-order chi connectivity index (χ1) is 15.2. The largest absolute Gasteiger partial charge is 0.502 e. The molecule has 1 aliphatic heterocycles. The van der Waals surface area contributed by atoms with E-state index in [1.54, 1.807) is 60.7 Å². The first kappa shape index (κ1) is 22.4. The summed E-state index contributed by atoms with van der Waals surface area (Å²) in [6.07, 6.45) is 0. The van der Waals surface area contributed by atoms with Crippen LogP contribution in [0.2, 0.25) is 10.0 Å². The third kappa shape index (κ3) is 4.01. The fraction of sp³-hybridized carbons (Fsp3) is 0.125. The number of aliphatic hydroxyl groups is 1. The second-order valence-corrected chi connectivity index (χ2v) is 10.3. The molecule has 0 aromatic heterocycles. The van der Waals surface area contributed by atoms with E-state index in [4.69, 9.17) is 23.2 Å². The average molecular weight is 488 g/mol. The Morgan fingerprint density at radius 1 is 0.938 bits per heavy atom. The molecule has 8 heteroatoms. The van der Waals surface area contributed by atoms with Gasteiger partial charge in [0.2, 0.25) is 9.84 Å². The molecule has 0 aliphatic carbocycles. The molecule has 0 saturated carbocycles. The van der Waals surface area contributed by atoms with Gasteiger partial charge in [-0.2, -0.15) is 0 Å². The normalized spacial score (nSPS) is 16.7. The van der Waals surface area contributed by atoms with Crippen molar-refractivity contribution in [3.05, 3.63) is 110 Å². The molecular formula is C24H19Cl2NO4S. The second kappa shape index (κ2) is 8.62. The molecule has 1 heterocycles. The van der Waals surface area contributed by atoms with Gasteiger partial charge in [0, 0.05) is 16.6 Å². The number of rotatable bonds is 5. The molecule has 0 fully saturated rings. The van der Waals surface area contributed by atoms with Gasteiger partial charge in [-0.05, 0) is 48.4 Å². The van der Waals surface area contributed by atoms with Crippen molar-refractivity contribution in [3.8, 4) is 0 Å². The van der Waals surface area contributed by atoms with E-state index in [-0.39, 0.29) is 16.3 Å². The smallest absolute Gasteiger partial charge is 0.290 e. The van der Waals surface area contributed by atoms with E-state index in [1.807, 2.05) is 6.92 Å². The lowest BCUT2D eigenvalue weighted by atomic mass is 10.1. The molecule has 3 aromatic rings. The maximum atomic E-state index is 13.6. The predicted molar refractivity (Wildman–Crippen MR) is 124 cm³/mol. The van der Waals surface area contributed by atoms with Gasteiger partial charge in [0.1, 0.15) is 4.91 Å². The van der Waals surface area contributed by atoms with Crippen LogP contribution in [0.4, 0.5) is 0 Å². The van der Waals surface area contributed by atoms with Crippen molar-refractivity contribution < 1.29 is 18.3 Å². The van der Waals surface area contributed by atoms with Crippen molar-refractivity contribution in [2.75, 3.05) is 0 Å². The maximum Gasteiger partial charge on any atom is 0.290 e. The molecule has 32 heavy (non-hydrogen) atoms. The van der Waals surface area contributed by atoms with Gasteiger partial charge in [-0.25, -0.2) is 8.42 Å². The topological polar surface area (TPSA) is 74.7 Å². The molecule has 1 unspecified atom stereocenters. The number of aryl methyl sites for hydroxylation is 1. The molecule has 1 atom stereocenters. The summed E-state index contributed by atoms with van der Waals surface area (Å²) in [5.41, 5.74) is 2.02. The first-order valence-corrected chi connectivity index (χ1v) is 12.0. The number of benzene rings is 3.